The molecule has 1 fully saturated rings. The van der Waals surface area contributed by atoms with Gasteiger partial charge in [-0.05, 0) is 5.92 Å². The van der Waals surface area contributed by atoms with Gasteiger partial charge in [0.15, 0.2) is 0 Å². The Morgan fingerprint density at radius 3 is 2.50 bits per heavy atom. The van der Waals surface area contributed by atoms with E-state index in [-0.39, 0.29) is 0 Å². The maximum absolute atomic E-state index is 2.33. The molecule has 0 saturated heterocycles. The van der Waals surface area contributed by atoms with E-state index in [1.165, 1.54) is 11.6 Å². The lowest BCUT2D eigenvalue weighted by Gasteiger charge is -1.99. The average molecular weight is 127 g/mol. The van der Waals surface area contributed by atoms with E-state index < -0.39 is 0 Å². The van der Waals surface area contributed by atoms with E-state index in [0.717, 1.165) is 15.4 Å². The van der Waals surface area contributed by atoms with Crippen LogP contribution in [0.15, 0.2) is 0 Å². The van der Waals surface area contributed by atoms with Crippen LogP contribution < -0.4 is 0 Å². The van der Waals surface area contributed by atoms with Gasteiger partial charge in [-0.2, -0.15) is 0 Å². The van der Waals surface area contributed by atoms with Crippen LogP contribution in [0.2, 0.25) is 11.6 Å². The van der Waals surface area contributed by atoms with E-state index in [0.29, 0.717) is 0 Å². The summed E-state index contributed by atoms with van der Waals surface area (Å²) in [6.07, 6.45) is 3.12. The zero-order valence-electron chi connectivity index (χ0n) is 5.85. The lowest BCUT2D eigenvalue weighted by atomic mass is 10.3. The minimum Gasteiger partial charge on any atom is -0.0631 e. The summed E-state index contributed by atoms with van der Waals surface area (Å²) < 4.78 is 0. The second-order valence-corrected chi connectivity index (χ2v) is 5.09. The third kappa shape index (κ3) is 2.51. The van der Waals surface area contributed by atoms with Crippen molar-refractivity contribution in [3.05, 3.63) is 0 Å². The first-order chi connectivity index (χ1) is 3.79. The molecule has 0 N–H and O–H groups in total. The molecule has 0 aromatic carbocycles. The van der Waals surface area contributed by atoms with Crippen LogP contribution in [0.3, 0.4) is 0 Å². The first-order valence-electron chi connectivity index (χ1n) is 3.62. The molecule has 0 aromatic rings. The van der Waals surface area contributed by atoms with Gasteiger partial charge in [-0.15, -0.1) is 0 Å². The highest BCUT2D eigenvalue weighted by Gasteiger charge is 2.20. The minimum atomic E-state index is 0.845. The molecular weight excluding hydrogens is 112 g/mol. The van der Waals surface area contributed by atoms with Gasteiger partial charge in [0, 0.05) is 9.52 Å². The maximum Gasteiger partial charge on any atom is 0.0316 e. The Hall–Kier alpha value is 0.217. The Morgan fingerprint density at radius 2 is 2.12 bits per heavy atom. The summed E-state index contributed by atoms with van der Waals surface area (Å²) in [4.78, 5) is 0. The van der Waals surface area contributed by atoms with Crippen LogP contribution in [0.4, 0.5) is 0 Å². The van der Waals surface area contributed by atoms with Crippen LogP contribution in [-0.2, 0) is 0 Å². The Morgan fingerprint density at radius 1 is 1.50 bits per heavy atom. The van der Waals surface area contributed by atoms with Gasteiger partial charge in [0.2, 0.25) is 0 Å². The van der Waals surface area contributed by atoms with Crippen molar-refractivity contribution < 1.29 is 0 Å². The molecule has 47 valence electrons. The van der Waals surface area contributed by atoms with E-state index in [2.05, 4.69) is 13.8 Å². The molecule has 0 spiro atoms. The number of hydrogen-bond donors (Lipinski definition) is 0. The molecular formula is C7H15Si. The van der Waals surface area contributed by atoms with Crippen molar-refractivity contribution in [2.24, 2.45) is 5.92 Å². The van der Waals surface area contributed by atoms with Crippen molar-refractivity contribution in [3.8, 4) is 0 Å². The molecule has 0 unspecified atom stereocenters. The zero-order valence-corrected chi connectivity index (χ0v) is 7.01. The predicted molar refractivity (Wildman–Crippen MR) is 39.8 cm³/mol. The summed E-state index contributed by atoms with van der Waals surface area (Å²) in [5, 5.41) is 0. The van der Waals surface area contributed by atoms with E-state index in [4.69, 9.17) is 0 Å². The topological polar surface area (TPSA) is 0 Å². The van der Waals surface area contributed by atoms with Crippen molar-refractivity contribution in [2.75, 3.05) is 0 Å². The second kappa shape index (κ2) is 2.67. The molecule has 0 nitrogen and oxygen atoms in total. The van der Waals surface area contributed by atoms with Gasteiger partial charge in [0.25, 0.3) is 0 Å². The van der Waals surface area contributed by atoms with Crippen molar-refractivity contribution >= 4 is 9.52 Å². The van der Waals surface area contributed by atoms with Gasteiger partial charge in [-0.3, -0.25) is 0 Å². The molecule has 0 amide bonds. The SMILES string of the molecule is CC(C)C[SiH]C1CC1. The highest BCUT2D eigenvalue weighted by atomic mass is 28.2. The van der Waals surface area contributed by atoms with E-state index in [1.807, 2.05) is 0 Å². The fourth-order valence-electron chi connectivity index (χ4n) is 0.797. The highest BCUT2D eigenvalue weighted by molar-refractivity contribution is 6.38. The normalized spacial score (nSPS) is 19.9. The molecule has 0 aliphatic heterocycles. The largest absolute Gasteiger partial charge is 0.0631 e. The molecule has 0 aromatic heterocycles. The summed E-state index contributed by atoms with van der Waals surface area (Å²) in [6.45, 7) is 4.66. The van der Waals surface area contributed by atoms with E-state index in [9.17, 15) is 0 Å². The third-order valence-electron chi connectivity index (χ3n) is 1.56. The van der Waals surface area contributed by atoms with E-state index >= 15 is 0 Å². The fourth-order valence-corrected chi connectivity index (χ4v) is 2.39. The van der Waals surface area contributed by atoms with Gasteiger partial charge in [-0.25, -0.2) is 0 Å². The smallest absolute Gasteiger partial charge is 0.0316 e. The van der Waals surface area contributed by atoms with Crippen molar-refractivity contribution in [1.82, 2.24) is 0 Å². The molecule has 1 heteroatoms. The highest BCUT2D eigenvalue weighted by Crippen LogP contribution is 2.36. The molecule has 1 rings (SSSR count). The average Bonchev–Trinajstić information content (AvgIpc) is 2.41. The second-order valence-electron chi connectivity index (χ2n) is 3.20. The standard InChI is InChI=1S/C7H15Si/c1-6(2)5-8-7-3-4-7/h6-8H,3-5H2,1-2H3. The van der Waals surface area contributed by atoms with Gasteiger partial charge < -0.3 is 0 Å². The quantitative estimate of drug-likeness (QED) is 0.509. The molecule has 1 saturated carbocycles. The first kappa shape index (κ1) is 6.34. The Kier molecular flexibility index (Phi) is 2.12. The molecule has 0 atom stereocenters. The summed E-state index contributed by atoms with van der Waals surface area (Å²) in [7, 11) is 0.845. The van der Waals surface area contributed by atoms with Crippen LogP contribution >= 0.6 is 0 Å². The van der Waals surface area contributed by atoms with Crippen LogP contribution in [-0.4, -0.2) is 9.52 Å². The first-order valence-corrected chi connectivity index (χ1v) is 5.10. The van der Waals surface area contributed by atoms with Gasteiger partial charge in [-0.1, -0.05) is 38.3 Å². The lowest BCUT2D eigenvalue weighted by molar-refractivity contribution is 0.729. The Bertz CT molecular complexity index is 62.8. The summed E-state index contributed by atoms with van der Waals surface area (Å²) >= 11 is 0. The molecule has 0 bridgehead atoms. The van der Waals surface area contributed by atoms with E-state index in [1.54, 1.807) is 12.8 Å². The Balaban J connectivity index is 1.87. The molecule has 1 radical (unpaired) electrons. The van der Waals surface area contributed by atoms with Gasteiger partial charge in [0.05, 0.1) is 0 Å². The van der Waals surface area contributed by atoms with Crippen LogP contribution in [0.5, 0.6) is 0 Å². The summed E-state index contributed by atoms with van der Waals surface area (Å²) in [6, 6.07) is 1.53. The van der Waals surface area contributed by atoms with Crippen molar-refractivity contribution in [3.63, 3.8) is 0 Å². The monoisotopic (exact) mass is 127 g/mol. The summed E-state index contributed by atoms with van der Waals surface area (Å²) in [5.74, 6) is 0.964. The maximum atomic E-state index is 2.33. The number of rotatable bonds is 3. The van der Waals surface area contributed by atoms with Crippen molar-refractivity contribution in [1.29, 1.82) is 0 Å². The number of hydrogen-bond acceptors (Lipinski definition) is 0. The molecule has 1 aliphatic carbocycles. The molecule has 8 heavy (non-hydrogen) atoms. The third-order valence-corrected chi connectivity index (χ3v) is 4.11. The van der Waals surface area contributed by atoms with Gasteiger partial charge in [0.1, 0.15) is 0 Å². The predicted octanol–water partition coefficient (Wildman–Crippen LogP) is 2.08. The fraction of sp³-hybridized carbons (Fsp3) is 1.00. The van der Waals surface area contributed by atoms with Crippen LogP contribution in [0.25, 0.3) is 0 Å². The molecule has 0 heterocycles. The summed E-state index contributed by atoms with van der Waals surface area (Å²) in [5.41, 5.74) is 1.22. The van der Waals surface area contributed by atoms with Crippen LogP contribution in [0.1, 0.15) is 26.7 Å². The van der Waals surface area contributed by atoms with Gasteiger partial charge >= 0.3 is 0 Å². The zero-order chi connectivity index (χ0) is 5.98. The lowest BCUT2D eigenvalue weighted by Crippen LogP contribution is -1.94. The van der Waals surface area contributed by atoms with Crippen molar-refractivity contribution in [2.45, 2.75) is 38.3 Å². The minimum absolute atomic E-state index is 0.845. The van der Waals surface area contributed by atoms with Crippen LogP contribution in [0, 0.1) is 5.92 Å². The Labute approximate surface area is 54.5 Å². The molecule has 1 aliphatic rings.